The summed E-state index contributed by atoms with van der Waals surface area (Å²) in [4.78, 5) is 12.2. The Morgan fingerprint density at radius 2 is 2.14 bits per heavy atom. The van der Waals surface area contributed by atoms with Crippen molar-refractivity contribution in [3.63, 3.8) is 0 Å². The lowest BCUT2D eigenvalue weighted by Gasteiger charge is -2.26. The number of carbonyl (C=O) groups is 1. The van der Waals surface area contributed by atoms with Crippen LogP contribution in [0.15, 0.2) is 18.2 Å². The highest BCUT2D eigenvalue weighted by molar-refractivity contribution is 5.95. The molecule has 2 N–H and O–H groups in total. The number of carbonyl (C=O) groups excluding carboxylic acids is 1. The van der Waals surface area contributed by atoms with E-state index >= 15 is 0 Å². The second-order valence-electron chi connectivity index (χ2n) is 5.36. The minimum Gasteiger partial charge on any atom is -0.504 e. The van der Waals surface area contributed by atoms with Crippen LogP contribution in [0.25, 0.3) is 0 Å². The number of methoxy groups -OCH3 is 1. The number of amides is 1. The minimum absolute atomic E-state index is 0.0867. The number of aromatic hydroxyl groups is 1. The van der Waals surface area contributed by atoms with Gasteiger partial charge in [0.05, 0.1) is 13.2 Å². The van der Waals surface area contributed by atoms with Crippen molar-refractivity contribution in [3.05, 3.63) is 23.8 Å². The fourth-order valence-electron chi connectivity index (χ4n) is 2.78. The second kappa shape index (κ2) is 6.98. The van der Waals surface area contributed by atoms with Gasteiger partial charge in [-0.3, -0.25) is 4.79 Å². The van der Waals surface area contributed by atoms with Crippen LogP contribution in [0.4, 0.5) is 0 Å². The predicted octanol–water partition coefficient (Wildman–Crippen LogP) is 2.60. The molecule has 0 bridgehead atoms. The van der Waals surface area contributed by atoms with Crippen LogP contribution in [-0.2, 0) is 0 Å². The van der Waals surface area contributed by atoms with Crippen LogP contribution in [-0.4, -0.2) is 24.2 Å². The Kier molecular flexibility index (Phi) is 5.04. The van der Waals surface area contributed by atoms with Gasteiger partial charge in [0.2, 0.25) is 0 Å². The molecule has 1 aromatic carbocycles. The normalized spacial score (nSPS) is 16.8. The van der Waals surface area contributed by atoms with Gasteiger partial charge in [-0.1, -0.05) is 19.3 Å². The molecule has 2 rings (SSSR count). The first-order valence-electron chi connectivity index (χ1n) is 7.23. The third-order valence-electron chi connectivity index (χ3n) is 3.99. The number of hydrogen-bond acceptors (Lipinski definition) is 4. The second-order valence-corrected chi connectivity index (χ2v) is 5.36. The molecule has 0 aliphatic heterocycles. The molecule has 1 aromatic rings. The van der Waals surface area contributed by atoms with E-state index in [0.717, 1.165) is 25.7 Å². The molecule has 1 aliphatic carbocycles. The van der Waals surface area contributed by atoms with Gasteiger partial charge in [0.25, 0.3) is 5.91 Å². The molecule has 0 radical (unpaired) electrons. The lowest BCUT2D eigenvalue weighted by Crippen LogP contribution is -2.40. The van der Waals surface area contributed by atoms with Crippen molar-refractivity contribution in [2.45, 2.75) is 38.1 Å². The SMILES string of the molecule is COc1ccc(C(=O)NC(C#N)C2CCCCC2)cc1O. The third kappa shape index (κ3) is 3.66. The summed E-state index contributed by atoms with van der Waals surface area (Å²) in [6.45, 7) is 0. The average molecular weight is 288 g/mol. The van der Waals surface area contributed by atoms with E-state index in [1.807, 2.05) is 0 Å². The first kappa shape index (κ1) is 15.2. The molecule has 5 nitrogen and oxygen atoms in total. The Hall–Kier alpha value is -2.22. The fraction of sp³-hybridized carbons (Fsp3) is 0.500. The molecule has 0 aromatic heterocycles. The molecular formula is C16H20N2O3. The molecule has 1 saturated carbocycles. The standard InChI is InChI=1S/C16H20N2O3/c1-21-15-8-7-12(9-14(15)19)16(20)18-13(10-17)11-5-3-2-4-6-11/h7-9,11,13,19H,2-6H2,1H3,(H,18,20). The summed E-state index contributed by atoms with van der Waals surface area (Å²) in [5.41, 5.74) is 0.323. The van der Waals surface area contributed by atoms with E-state index < -0.39 is 6.04 Å². The van der Waals surface area contributed by atoms with Gasteiger partial charge in [-0.05, 0) is 37.0 Å². The van der Waals surface area contributed by atoms with Crippen molar-refractivity contribution < 1.29 is 14.6 Å². The van der Waals surface area contributed by atoms with E-state index in [9.17, 15) is 15.2 Å². The van der Waals surface area contributed by atoms with Gasteiger partial charge in [0, 0.05) is 5.56 Å². The number of phenols is 1. The van der Waals surface area contributed by atoms with E-state index in [0.29, 0.717) is 11.3 Å². The Bertz CT molecular complexity index is 545. The maximum absolute atomic E-state index is 12.2. The van der Waals surface area contributed by atoms with Crippen molar-refractivity contribution in [1.82, 2.24) is 5.32 Å². The Morgan fingerprint density at radius 3 is 2.71 bits per heavy atom. The number of ether oxygens (including phenoxy) is 1. The van der Waals surface area contributed by atoms with Gasteiger partial charge in [-0.2, -0.15) is 5.26 Å². The molecule has 0 spiro atoms. The number of nitriles is 1. The molecule has 21 heavy (non-hydrogen) atoms. The van der Waals surface area contributed by atoms with E-state index in [1.165, 1.54) is 25.7 Å². The third-order valence-corrected chi connectivity index (χ3v) is 3.99. The summed E-state index contributed by atoms with van der Waals surface area (Å²) in [7, 11) is 1.45. The Morgan fingerprint density at radius 1 is 1.43 bits per heavy atom. The zero-order valence-electron chi connectivity index (χ0n) is 12.1. The summed E-state index contributed by atoms with van der Waals surface area (Å²) in [5.74, 6) is 0.108. The Labute approximate surface area is 124 Å². The molecule has 1 fully saturated rings. The predicted molar refractivity (Wildman–Crippen MR) is 78.1 cm³/mol. The van der Waals surface area contributed by atoms with Crippen LogP contribution in [0, 0.1) is 17.2 Å². The van der Waals surface area contributed by atoms with E-state index in [1.54, 1.807) is 6.07 Å². The highest BCUT2D eigenvalue weighted by Crippen LogP contribution is 2.28. The Balaban J connectivity index is 2.05. The average Bonchev–Trinajstić information content (AvgIpc) is 2.53. The maximum Gasteiger partial charge on any atom is 0.252 e. The number of hydrogen-bond donors (Lipinski definition) is 2. The molecule has 1 amide bonds. The van der Waals surface area contributed by atoms with Crippen LogP contribution in [0.3, 0.4) is 0 Å². The van der Waals surface area contributed by atoms with Crippen molar-refractivity contribution in [3.8, 4) is 17.6 Å². The molecule has 112 valence electrons. The molecule has 1 atom stereocenters. The van der Waals surface area contributed by atoms with E-state index in [2.05, 4.69) is 11.4 Å². The number of rotatable bonds is 4. The lowest BCUT2D eigenvalue weighted by atomic mass is 9.84. The van der Waals surface area contributed by atoms with Crippen molar-refractivity contribution in [2.24, 2.45) is 5.92 Å². The largest absolute Gasteiger partial charge is 0.504 e. The topological polar surface area (TPSA) is 82.3 Å². The van der Waals surface area contributed by atoms with Gasteiger partial charge in [-0.15, -0.1) is 0 Å². The summed E-state index contributed by atoms with van der Waals surface area (Å²) in [5, 5.41) is 21.8. The summed E-state index contributed by atoms with van der Waals surface area (Å²) in [6, 6.07) is 6.18. The summed E-state index contributed by atoms with van der Waals surface area (Å²) in [6.07, 6.45) is 5.39. The van der Waals surface area contributed by atoms with Crippen LogP contribution < -0.4 is 10.1 Å². The van der Waals surface area contributed by atoms with Crippen LogP contribution in [0.1, 0.15) is 42.5 Å². The molecule has 1 unspecified atom stereocenters. The highest BCUT2D eigenvalue weighted by atomic mass is 16.5. The van der Waals surface area contributed by atoms with Gasteiger partial charge >= 0.3 is 0 Å². The fourth-order valence-corrected chi connectivity index (χ4v) is 2.78. The summed E-state index contributed by atoms with van der Waals surface area (Å²) < 4.78 is 4.94. The van der Waals surface area contributed by atoms with Crippen molar-refractivity contribution in [1.29, 1.82) is 5.26 Å². The zero-order chi connectivity index (χ0) is 15.2. The quantitative estimate of drug-likeness (QED) is 0.892. The minimum atomic E-state index is -0.470. The molecule has 0 saturated heterocycles. The van der Waals surface area contributed by atoms with Crippen molar-refractivity contribution in [2.75, 3.05) is 7.11 Å². The van der Waals surface area contributed by atoms with Crippen molar-refractivity contribution >= 4 is 5.91 Å². The maximum atomic E-state index is 12.2. The molecular weight excluding hydrogens is 268 g/mol. The van der Waals surface area contributed by atoms with Gasteiger partial charge in [-0.25, -0.2) is 0 Å². The lowest BCUT2D eigenvalue weighted by molar-refractivity contribution is 0.0928. The van der Waals surface area contributed by atoms with Gasteiger partial charge in [0.15, 0.2) is 11.5 Å². The smallest absolute Gasteiger partial charge is 0.252 e. The van der Waals surface area contributed by atoms with E-state index in [-0.39, 0.29) is 17.6 Å². The highest BCUT2D eigenvalue weighted by Gasteiger charge is 2.25. The first-order chi connectivity index (χ1) is 10.2. The van der Waals surface area contributed by atoms with Crippen LogP contribution >= 0.6 is 0 Å². The monoisotopic (exact) mass is 288 g/mol. The number of nitrogens with one attached hydrogen (secondary N) is 1. The molecule has 1 aliphatic rings. The first-order valence-corrected chi connectivity index (χ1v) is 7.23. The molecule has 5 heteroatoms. The van der Waals surface area contributed by atoms with E-state index in [4.69, 9.17) is 4.74 Å². The van der Waals surface area contributed by atoms with Crippen LogP contribution in [0.2, 0.25) is 0 Å². The zero-order valence-corrected chi connectivity index (χ0v) is 12.1. The summed E-state index contributed by atoms with van der Waals surface area (Å²) >= 11 is 0. The number of phenolic OH excluding ortho intramolecular Hbond substituents is 1. The number of nitrogens with zero attached hydrogens (tertiary/aromatic N) is 1. The number of benzene rings is 1. The van der Waals surface area contributed by atoms with Gasteiger partial charge in [0.1, 0.15) is 6.04 Å². The van der Waals surface area contributed by atoms with Gasteiger partial charge < -0.3 is 15.2 Å². The van der Waals surface area contributed by atoms with Crippen LogP contribution in [0.5, 0.6) is 11.5 Å². The molecule has 0 heterocycles.